The van der Waals surface area contributed by atoms with Crippen molar-refractivity contribution in [2.45, 2.75) is 51.6 Å². The van der Waals surface area contributed by atoms with Crippen molar-refractivity contribution in [3.63, 3.8) is 0 Å². The standard InChI is InChI=1S/C23H38N2O2/c1-22(2)20-23(10-16-27-22,19-21-7-4-3-5-8-21)9-12-24-11-6-13-25-14-17-26-18-15-25/h3-5,7-8,24H,6,9-20H2,1-2H3. The van der Waals surface area contributed by atoms with Gasteiger partial charge in [0.2, 0.25) is 0 Å². The molecule has 2 heterocycles. The minimum Gasteiger partial charge on any atom is -0.379 e. The highest BCUT2D eigenvalue weighted by atomic mass is 16.5. The van der Waals surface area contributed by atoms with Gasteiger partial charge in [0.05, 0.1) is 18.8 Å². The topological polar surface area (TPSA) is 33.7 Å². The van der Waals surface area contributed by atoms with Crippen LogP contribution in [-0.4, -0.2) is 63.0 Å². The van der Waals surface area contributed by atoms with Crippen LogP contribution in [0.2, 0.25) is 0 Å². The summed E-state index contributed by atoms with van der Waals surface area (Å²) in [6, 6.07) is 11.0. The van der Waals surface area contributed by atoms with Crippen LogP contribution in [0, 0.1) is 5.41 Å². The molecule has 1 unspecified atom stereocenters. The third kappa shape index (κ3) is 6.86. The Labute approximate surface area is 165 Å². The third-order valence-electron chi connectivity index (χ3n) is 6.11. The lowest BCUT2D eigenvalue weighted by molar-refractivity contribution is -0.107. The highest BCUT2D eigenvalue weighted by molar-refractivity contribution is 5.17. The normalized spacial score (nSPS) is 26.1. The van der Waals surface area contributed by atoms with Crippen molar-refractivity contribution in [2.24, 2.45) is 5.41 Å². The number of benzene rings is 1. The molecule has 4 heteroatoms. The van der Waals surface area contributed by atoms with Gasteiger partial charge in [-0.1, -0.05) is 30.3 Å². The zero-order chi connectivity index (χ0) is 19.0. The Balaban J connectivity index is 1.45. The van der Waals surface area contributed by atoms with Crippen molar-refractivity contribution in [3.05, 3.63) is 35.9 Å². The van der Waals surface area contributed by atoms with Crippen LogP contribution in [0.25, 0.3) is 0 Å². The predicted octanol–water partition coefficient (Wildman–Crippen LogP) is 3.51. The SMILES string of the molecule is CC1(C)CC(CCNCCCN2CCOCC2)(Cc2ccccc2)CCO1. The number of nitrogens with zero attached hydrogens (tertiary/aromatic N) is 1. The molecule has 0 amide bonds. The van der Waals surface area contributed by atoms with Crippen molar-refractivity contribution in [1.29, 1.82) is 0 Å². The van der Waals surface area contributed by atoms with Crippen LogP contribution < -0.4 is 5.32 Å². The molecular weight excluding hydrogens is 336 g/mol. The van der Waals surface area contributed by atoms with Crippen LogP contribution in [0.4, 0.5) is 0 Å². The molecule has 0 spiro atoms. The molecule has 0 saturated carbocycles. The second-order valence-electron chi connectivity index (χ2n) is 9.00. The van der Waals surface area contributed by atoms with Crippen molar-refractivity contribution in [2.75, 3.05) is 52.5 Å². The van der Waals surface area contributed by atoms with Crippen LogP contribution in [0.3, 0.4) is 0 Å². The highest BCUT2D eigenvalue weighted by Crippen LogP contribution is 2.43. The summed E-state index contributed by atoms with van der Waals surface area (Å²) in [5.41, 5.74) is 1.80. The fraction of sp³-hybridized carbons (Fsp3) is 0.739. The molecule has 0 radical (unpaired) electrons. The first kappa shape index (κ1) is 20.8. The van der Waals surface area contributed by atoms with Crippen molar-refractivity contribution >= 4 is 0 Å². The molecule has 1 N–H and O–H groups in total. The second kappa shape index (κ2) is 10.0. The fourth-order valence-electron chi connectivity index (χ4n) is 4.80. The number of ether oxygens (including phenoxy) is 2. The van der Waals surface area contributed by atoms with Gasteiger partial charge in [-0.05, 0) is 76.6 Å². The molecule has 0 aliphatic carbocycles. The van der Waals surface area contributed by atoms with Crippen LogP contribution in [-0.2, 0) is 15.9 Å². The van der Waals surface area contributed by atoms with E-state index >= 15 is 0 Å². The monoisotopic (exact) mass is 374 g/mol. The molecule has 4 nitrogen and oxygen atoms in total. The first-order chi connectivity index (χ1) is 13.1. The summed E-state index contributed by atoms with van der Waals surface area (Å²) in [6.45, 7) is 12.8. The van der Waals surface area contributed by atoms with Gasteiger partial charge in [0, 0.05) is 19.7 Å². The highest BCUT2D eigenvalue weighted by Gasteiger charge is 2.40. The van der Waals surface area contributed by atoms with Crippen LogP contribution in [0.5, 0.6) is 0 Å². The van der Waals surface area contributed by atoms with E-state index < -0.39 is 0 Å². The van der Waals surface area contributed by atoms with Gasteiger partial charge >= 0.3 is 0 Å². The maximum absolute atomic E-state index is 6.03. The Morgan fingerprint density at radius 3 is 2.56 bits per heavy atom. The quantitative estimate of drug-likeness (QED) is 0.671. The van der Waals surface area contributed by atoms with Gasteiger partial charge in [0.25, 0.3) is 0 Å². The van der Waals surface area contributed by atoms with Crippen LogP contribution in [0.15, 0.2) is 30.3 Å². The summed E-state index contributed by atoms with van der Waals surface area (Å²) in [4.78, 5) is 2.52. The summed E-state index contributed by atoms with van der Waals surface area (Å²) in [7, 11) is 0. The molecular formula is C23H38N2O2. The Hall–Kier alpha value is -0.940. The molecule has 0 aromatic heterocycles. The molecule has 1 aromatic carbocycles. The first-order valence-electron chi connectivity index (χ1n) is 10.8. The van der Waals surface area contributed by atoms with Gasteiger partial charge in [-0.15, -0.1) is 0 Å². The number of hydrogen-bond acceptors (Lipinski definition) is 4. The molecule has 2 aliphatic heterocycles. The minimum atomic E-state index is -0.0106. The maximum Gasteiger partial charge on any atom is 0.0631 e. The van der Waals surface area contributed by atoms with Gasteiger partial charge < -0.3 is 14.8 Å². The van der Waals surface area contributed by atoms with E-state index in [2.05, 4.69) is 54.4 Å². The number of nitrogens with one attached hydrogen (secondary N) is 1. The zero-order valence-corrected chi connectivity index (χ0v) is 17.3. The number of rotatable bonds is 9. The van der Waals surface area contributed by atoms with E-state index in [9.17, 15) is 0 Å². The maximum atomic E-state index is 6.03. The molecule has 2 fully saturated rings. The third-order valence-corrected chi connectivity index (χ3v) is 6.11. The number of hydrogen-bond donors (Lipinski definition) is 1. The van der Waals surface area contributed by atoms with Gasteiger partial charge in [0.1, 0.15) is 0 Å². The first-order valence-corrected chi connectivity index (χ1v) is 10.8. The molecule has 1 atom stereocenters. The van der Waals surface area contributed by atoms with Crippen LogP contribution >= 0.6 is 0 Å². The van der Waals surface area contributed by atoms with Gasteiger partial charge in [-0.3, -0.25) is 4.90 Å². The van der Waals surface area contributed by atoms with Crippen molar-refractivity contribution in [3.8, 4) is 0 Å². The Bertz CT molecular complexity index is 543. The van der Waals surface area contributed by atoms with E-state index in [-0.39, 0.29) is 5.60 Å². The molecule has 1 aromatic rings. The lowest BCUT2D eigenvalue weighted by Gasteiger charge is -2.45. The van der Waals surface area contributed by atoms with E-state index in [4.69, 9.17) is 9.47 Å². The van der Waals surface area contributed by atoms with Gasteiger partial charge in [-0.2, -0.15) is 0 Å². The summed E-state index contributed by atoms with van der Waals surface area (Å²) >= 11 is 0. The average molecular weight is 375 g/mol. The number of morpholine rings is 1. The van der Waals surface area contributed by atoms with Crippen molar-refractivity contribution < 1.29 is 9.47 Å². The molecule has 2 aliphatic rings. The summed E-state index contributed by atoms with van der Waals surface area (Å²) < 4.78 is 11.5. The summed E-state index contributed by atoms with van der Waals surface area (Å²) in [5, 5.41) is 3.71. The smallest absolute Gasteiger partial charge is 0.0631 e. The summed E-state index contributed by atoms with van der Waals surface area (Å²) in [5.74, 6) is 0. The van der Waals surface area contributed by atoms with E-state index in [1.807, 2.05) is 0 Å². The Kier molecular flexibility index (Phi) is 7.71. The van der Waals surface area contributed by atoms with Gasteiger partial charge in [-0.25, -0.2) is 0 Å². The lowest BCUT2D eigenvalue weighted by Crippen LogP contribution is -2.44. The summed E-state index contributed by atoms with van der Waals surface area (Å²) in [6.07, 6.45) is 5.92. The molecule has 3 rings (SSSR count). The molecule has 0 bridgehead atoms. The van der Waals surface area contributed by atoms with E-state index in [0.717, 1.165) is 58.8 Å². The van der Waals surface area contributed by atoms with E-state index in [0.29, 0.717) is 5.41 Å². The Morgan fingerprint density at radius 1 is 1.04 bits per heavy atom. The molecule has 2 saturated heterocycles. The van der Waals surface area contributed by atoms with Gasteiger partial charge in [0.15, 0.2) is 0 Å². The van der Waals surface area contributed by atoms with E-state index in [1.54, 1.807) is 0 Å². The average Bonchev–Trinajstić information content (AvgIpc) is 2.65. The van der Waals surface area contributed by atoms with Crippen molar-refractivity contribution in [1.82, 2.24) is 10.2 Å². The largest absolute Gasteiger partial charge is 0.379 e. The zero-order valence-electron chi connectivity index (χ0n) is 17.3. The lowest BCUT2D eigenvalue weighted by atomic mass is 9.68. The second-order valence-corrected chi connectivity index (χ2v) is 9.00. The minimum absolute atomic E-state index is 0.0106. The Morgan fingerprint density at radius 2 is 1.81 bits per heavy atom. The molecule has 152 valence electrons. The fourth-order valence-corrected chi connectivity index (χ4v) is 4.80. The molecule has 27 heavy (non-hydrogen) atoms. The predicted molar refractivity (Wildman–Crippen MR) is 111 cm³/mol. The van der Waals surface area contributed by atoms with E-state index in [1.165, 1.54) is 31.4 Å². The van der Waals surface area contributed by atoms with Crippen LogP contribution in [0.1, 0.15) is 45.1 Å².